The number of amidine groups is 1. The zero-order chi connectivity index (χ0) is 19.5. The highest BCUT2D eigenvalue weighted by Gasteiger charge is 2.27. The first-order valence-electron chi connectivity index (χ1n) is 9.63. The Kier molecular flexibility index (Phi) is 5.18. The van der Waals surface area contributed by atoms with Crippen molar-refractivity contribution >= 4 is 18.2 Å². The molecule has 3 aliphatic rings. The van der Waals surface area contributed by atoms with Gasteiger partial charge in [-0.1, -0.05) is 12.1 Å². The molecule has 1 atom stereocenters. The zero-order valence-corrected chi connectivity index (χ0v) is 16.3. The predicted molar refractivity (Wildman–Crippen MR) is 109 cm³/mol. The van der Waals surface area contributed by atoms with E-state index in [2.05, 4.69) is 32.0 Å². The van der Waals surface area contributed by atoms with Crippen LogP contribution in [0.2, 0.25) is 0 Å². The number of aliphatic imine (C=N–C) groups is 2. The molecule has 0 radical (unpaired) electrons. The summed E-state index contributed by atoms with van der Waals surface area (Å²) >= 11 is 0. The summed E-state index contributed by atoms with van der Waals surface area (Å²) in [6, 6.07) is 8.00. The lowest BCUT2D eigenvalue weighted by Crippen LogP contribution is -2.51. The third-order valence-corrected chi connectivity index (χ3v) is 5.16. The van der Waals surface area contributed by atoms with Gasteiger partial charge in [0.15, 0.2) is 0 Å². The maximum Gasteiger partial charge on any atom is 0.317 e. The minimum absolute atomic E-state index is 0.0382. The van der Waals surface area contributed by atoms with E-state index in [4.69, 9.17) is 4.74 Å². The third kappa shape index (κ3) is 3.95. The normalized spacial score (nSPS) is 21.2. The van der Waals surface area contributed by atoms with Gasteiger partial charge in [-0.2, -0.15) is 0 Å². The second-order valence-electron chi connectivity index (χ2n) is 7.22. The quantitative estimate of drug-likeness (QED) is 0.857. The molecule has 1 saturated heterocycles. The summed E-state index contributed by atoms with van der Waals surface area (Å²) < 4.78 is 5.22. The lowest BCUT2D eigenvalue weighted by Gasteiger charge is -2.36. The molecule has 0 spiro atoms. The molecule has 1 aromatic rings. The molecule has 148 valence electrons. The van der Waals surface area contributed by atoms with E-state index < -0.39 is 0 Å². The van der Waals surface area contributed by atoms with Gasteiger partial charge < -0.3 is 24.8 Å². The Hall–Kier alpha value is -3.03. The molecule has 1 N–H and O–H groups in total. The summed E-state index contributed by atoms with van der Waals surface area (Å²) in [5, 5.41) is 2.99. The zero-order valence-electron chi connectivity index (χ0n) is 16.3. The second-order valence-corrected chi connectivity index (χ2v) is 7.22. The molecule has 0 unspecified atom stereocenters. The summed E-state index contributed by atoms with van der Waals surface area (Å²) in [5.74, 6) is 2.71. The molecule has 3 heterocycles. The Morgan fingerprint density at radius 3 is 2.89 bits per heavy atom. The predicted octanol–water partition coefficient (Wildman–Crippen LogP) is 1.51. The van der Waals surface area contributed by atoms with Crippen molar-refractivity contribution in [1.29, 1.82) is 0 Å². The number of benzene rings is 1. The number of rotatable bonds is 4. The lowest BCUT2D eigenvalue weighted by molar-refractivity contribution is 0.156. The van der Waals surface area contributed by atoms with Crippen molar-refractivity contribution in [3.63, 3.8) is 0 Å². The molecule has 4 rings (SSSR count). The minimum atomic E-state index is -0.0382. The fourth-order valence-corrected chi connectivity index (χ4v) is 3.61. The number of nitrogens with one attached hydrogen (secondary N) is 1. The number of methoxy groups -OCH3 is 1. The van der Waals surface area contributed by atoms with Crippen molar-refractivity contribution in [1.82, 2.24) is 20.0 Å². The molecule has 1 fully saturated rings. The number of urea groups is 1. The molecular weight excluding hydrogens is 356 g/mol. The third-order valence-electron chi connectivity index (χ3n) is 5.16. The van der Waals surface area contributed by atoms with Crippen LogP contribution in [0, 0.1) is 0 Å². The van der Waals surface area contributed by atoms with Gasteiger partial charge >= 0.3 is 6.03 Å². The number of fused-ring (bicyclic) bond motifs is 1. The van der Waals surface area contributed by atoms with Gasteiger partial charge in [0.25, 0.3) is 0 Å². The van der Waals surface area contributed by atoms with Gasteiger partial charge in [-0.15, -0.1) is 0 Å². The molecular formula is C20H26N6O2. The van der Waals surface area contributed by atoms with E-state index in [1.54, 1.807) is 7.11 Å². The summed E-state index contributed by atoms with van der Waals surface area (Å²) in [7, 11) is 1.64. The van der Waals surface area contributed by atoms with Crippen molar-refractivity contribution in [2.75, 3.05) is 39.8 Å². The van der Waals surface area contributed by atoms with E-state index in [0.717, 1.165) is 42.6 Å². The van der Waals surface area contributed by atoms with E-state index in [9.17, 15) is 4.79 Å². The Morgan fingerprint density at radius 1 is 1.29 bits per heavy atom. The molecule has 0 bridgehead atoms. The van der Waals surface area contributed by atoms with Crippen molar-refractivity contribution < 1.29 is 9.53 Å². The monoisotopic (exact) mass is 382 g/mol. The summed E-state index contributed by atoms with van der Waals surface area (Å²) in [4.78, 5) is 27.8. The van der Waals surface area contributed by atoms with Crippen molar-refractivity contribution in [2.45, 2.75) is 19.5 Å². The molecule has 2 amide bonds. The molecule has 28 heavy (non-hydrogen) atoms. The minimum Gasteiger partial charge on any atom is -0.497 e. The van der Waals surface area contributed by atoms with Gasteiger partial charge in [0.05, 0.1) is 19.5 Å². The highest BCUT2D eigenvalue weighted by molar-refractivity contribution is 6.03. The number of hydrogen-bond acceptors (Lipinski definition) is 6. The van der Waals surface area contributed by atoms with Crippen LogP contribution in [-0.4, -0.2) is 78.8 Å². The Morgan fingerprint density at radius 2 is 2.11 bits per heavy atom. The van der Waals surface area contributed by atoms with Crippen LogP contribution < -0.4 is 10.1 Å². The summed E-state index contributed by atoms with van der Waals surface area (Å²) in [6.07, 6.45) is 3.91. The Balaban J connectivity index is 1.28. The van der Waals surface area contributed by atoms with Gasteiger partial charge in [0.1, 0.15) is 17.4 Å². The first-order chi connectivity index (χ1) is 13.6. The number of carbonyl (C=O) groups excluding carboxylic acids is 1. The fraction of sp³-hybridized carbons (Fsp3) is 0.450. The molecule has 0 saturated carbocycles. The van der Waals surface area contributed by atoms with Gasteiger partial charge in [-0.05, 0) is 24.6 Å². The van der Waals surface area contributed by atoms with Crippen molar-refractivity contribution in [3.05, 3.63) is 41.7 Å². The standard InChI is InChI=1S/C20H26N6O2/c1-15-13-26-14-22-18(11-19(26)23-15)24-6-8-25(9-7-24)20(27)21-12-16-4-3-5-17(10-16)28-2/h3-5,10-11,14-15H,6-9,12-13H2,1-2H3,(H,21,27)/t15-/m0/s1. The van der Waals surface area contributed by atoms with E-state index in [0.29, 0.717) is 25.7 Å². The molecule has 0 aromatic heterocycles. The van der Waals surface area contributed by atoms with Gasteiger partial charge in [0, 0.05) is 45.3 Å². The van der Waals surface area contributed by atoms with Crippen LogP contribution >= 0.6 is 0 Å². The number of piperazine rings is 1. The average molecular weight is 382 g/mol. The fourth-order valence-electron chi connectivity index (χ4n) is 3.61. The van der Waals surface area contributed by atoms with Crippen molar-refractivity contribution in [3.8, 4) is 5.75 Å². The van der Waals surface area contributed by atoms with Crippen LogP contribution in [0.25, 0.3) is 0 Å². The number of carbonyl (C=O) groups is 1. The molecule has 8 heteroatoms. The topological polar surface area (TPSA) is 72.8 Å². The number of nitrogens with zero attached hydrogens (tertiary/aromatic N) is 5. The number of amides is 2. The Bertz CT molecular complexity index is 826. The van der Waals surface area contributed by atoms with Crippen LogP contribution in [0.1, 0.15) is 12.5 Å². The highest BCUT2D eigenvalue weighted by atomic mass is 16.5. The Labute approximate surface area is 165 Å². The van der Waals surface area contributed by atoms with Gasteiger partial charge in [-0.3, -0.25) is 4.99 Å². The van der Waals surface area contributed by atoms with E-state index in [1.807, 2.05) is 41.6 Å². The number of hydrogen-bond donors (Lipinski definition) is 1. The van der Waals surface area contributed by atoms with Crippen LogP contribution in [0.5, 0.6) is 5.75 Å². The van der Waals surface area contributed by atoms with Gasteiger partial charge in [-0.25, -0.2) is 9.79 Å². The number of ether oxygens (including phenoxy) is 1. The lowest BCUT2D eigenvalue weighted by atomic mass is 10.2. The first-order valence-corrected chi connectivity index (χ1v) is 9.63. The van der Waals surface area contributed by atoms with Crippen molar-refractivity contribution in [2.24, 2.45) is 9.98 Å². The van der Waals surface area contributed by atoms with Crippen LogP contribution in [0.15, 0.2) is 46.1 Å². The van der Waals surface area contributed by atoms with Crippen LogP contribution in [-0.2, 0) is 6.54 Å². The summed E-state index contributed by atoms with van der Waals surface area (Å²) in [5.41, 5.74) is 1.02. The smallest absolute Gasteiger partial charge is 0.317 e. The molecule has 1 aromatic carbocycles. The highest BCUT2D eigenvalue weighted by Crippen LogP contribution is 2.18. The maximum atomic E-state index is 12.5. The van der Waals surface area contributed by atoms with E-state index in [-0.39, 0.29) is 6.03 Å². The maximum absolute atomic E-state index is 12.5. The molecule has 3 aliphatic heterocycles. The summed E-state index contributed by atoms with van der Waals surface area (Å²) in [6.45, 7) is 6.35. The SMILES string of the molecule is COc1cccc(CNC(=O)N2CCN(C3=CC4=N[C@@H](C)CN4C=N3)CC2)c1. The first kappa shape index (κ1) is 18.3. The largest absolute Gasteiger partial charge is 0.497 e. The van der Waals surface area contributed by atoms with E-state index in [1.165, 1.54) is 0 Å². The van der Waals surface area contributed by atoms with E-state index >= 15 is 0 Å². The average Bonchev–Trinajstić information content (AvgIpc) is 3.11. The van der Waals surface area contributed by atoms with Crippen LogP contribution in [0.4, 0.5) is 4.79 Å². The molecule has 8 nitrogen and oxygen atoms in total. The second kappa shape index (κ2) is 7.92. The van der Waals surface area contributed by atoms with Crippen LogP contribution in [0.3, 0.4) is 0 Å². The van der Waals surface area contributed by atoms with Gasteiger partial charge in [0.2, 0.25) is 0 Å². The molecule has 0 aliphatic carbocycles.